The number of aryl methyl sites for hydroxylation is 1. The van der Waals surface area contributed by atoms with Gasteiger partial charge in [0, 0.05) is 37.6 Å². The third-order valence-electron chi connectivity index (χ3n) is 4.78. The van der Waals surface area contributed by atoms with Crippen molar-refractivity contribution in [3.63, 3.8) is 0 Å². The normalized spacial score (nSPS) is 17.2. The van der Waals surface area contributed by atoms with E-state index in [1.54, 1.807) is 10.9 Å². The summed E-state index contributed by atoms with van der Waals surface area (Å²) < 4.78 is 3.52. The van der Waals surface area contributed by atoms with Gasteiger partial charge in [0.1, 0.15) is 6.07 Å². The topological polar surface area (TPSA) is 83.4 Å². The van der Waals surface area contributed by atoms with E-state index in [2.05, 4.69) is 11.2 Å². The van der Waals surface area contributed by atoms with Gasteiger partial charge in [-0.3, -0.25) is 19.2 Å². The minimum Gasteiger partial charge on any atom is -0.322 e. The Morgan fingerprint density at radius 1 is 1.31 bits per heavy atom. The molecule has 26 heavy (non-hydrogen) atoms. The van der Waals surface area contributed by atoms with Gasteiger partial charge in [-0.25, -0.2) is 0 Å². The van der Waals surface area contributed by atoms with Crippen LogP contribution in [0.15, 0.2) is 43.0 Å². The fourth-order valence-electron chi connectivity index (χ4n) is 3.54. The molecular weight excluding hydrogens is 330 g/mol. The van der Waals surface area contributed by atoms with Gasteiger partial charge in [-0.1, -0.05) is 6.07 Å². The van der Waals surface area contributed by atoms with Crippen LogP contribution in [0.1, 0.15) is 23.1 Å². The molecule has 0 radical (unpaired) electrons. The van der Waals surface area contributed by atoms with Crippen molar-refractivity contribution in [2.45, 2.75) is 19.4 Å². The number of fused-ring (bicyclic) bond motifs is 1. The van der Waals surface area contributed by atoms with Crippen molar-refractivity contribution in [2.75, 3.05) is 0 Å². The fraction of sp³-hybridized carbons (Fsp3) is 0.263. The first kappa shape index (κ1) is 16.1. The minimum absolute atomic E-state index is 0.131. The standard InChI is InChI=1S/C19H17N5O2/c1-22-10-13(9-21-22)6-14-7-18(25)24(19(14)26)12-15-11-23-5-3-2-4-17(23)16(15)8-20/h2-5,9-11,14H,6-7,12H2,1H3. The van der Waals surface area contributed by atoms with Crippen LogP contribution in [0.5, 0.6) is 0 Å². The van der Waals surface area contributed by atoms with E-state index in [0.717, 1.165) is 11.1 Å². The summed E-state index contributed by atoms with van der Waals surface area (Å²) in [5, 5.41) is 13.6. The van der Waals surface area contributed by atoms with Crippen LogP contribution in [-0.2, 0) is 29.6 Å². The van der Waals surface area contributed by atoms with Crippen molar-refractivity contribution < 1.29 is 9.59 Å². The Bertz CT molecular complexity index is 1060. The number of amides is 2. The second-order valence-electron chi connectivity index (χ2n) is 6.58. The first-order valence-corrected chi connectivity index (χ1v) is 8.37. The first-order valence-electron chi connectivity index (χ1n) is 8.37. The Labute approximate surface area is 150 Å². The molecule has 0 spiro atoms. The minimum atomic E-state index is -0.366. The predicted molar refractivity (Wildman–Crippen MR) is 92.7 cm³/mol. The average Bonchev–Trinajstić information content (AvgIpc) is 3.27. The van der Waals surface area contributed by atoms with Crippen LogP contribution in [-0.4, -0.2) is 30.9 Å². The maximum absolute atomic E-state index is 12.7. The van der Waals surface area contributed by atoms with E-state index in [1.165, 1.54) is 4.90 Å². The summed E-state index contributed by atoms with van der Waals surface area (Å²) in [5.74, 6) is -0.740. The predicted octanol–water partition coefficient (Wildman–Crippen LogP) is 1.66. The van der Waals surface area contributed by atoms with Crippen LogP contribution in [0.25, 0.3) is 5.52 Å². The quantitative estimate of drug-likeness (QED) is 0.672. The van der Waals surface area contributed by atoms with E-state index in [4.69, 9.17) is 0 Å². The Balaban J connectivity index is 1.58. The molecule has 0 aromatic carbocycles. The highest BCUT2D eigenvalue weighted by atomic mass is 16.2. The number of carbonyl (C=O) groups is 2. The Kier molecular flexibility index (Phi) is 3.81. The van der Waals surface area contributed by atoms with E-state index in [-0.39, 0.29) is 30.7 Å². The van der Waals surface area contributed by atoms with Crippen molar-refractivity contribution in [3.8, 4) is 6.07 Å². The van der Waals surface area contributed by atoms with Gasteiger partial charge >= 0.3 is 0 Å². The second-order valence-corrected chi connectivity index (χ2v) is 6.58. The highest BCUT2D eigenvalue weighted by molar-refractivity contribution is 6.03. The molecule has 1 saturated heterocycles. The van der Waals surface area contributed by atoms with Crippen molar-refractivity contribution in [3.05, 3.63) is 59.7 Å². The third-order valence-corrected chi connectivity index (χ3v) is 4.78. The third kappa shape index (κ3) is 2.65. The van der Waals surface area contributed by atoms with Gasteiger partial charge < -0.3 is 4.40 Å². The molecule has 3 aromatic heterocycles. The molecule has 130 valence electrons. The van der Waals surface area contributed by atoms with Crippen LogP contribution in [0.4, 0.5) is 0 Å². The maximum atomic E-state index is 12.7. The second kappa shape index (κ2) is 6.15. The molecule has 0 N–H and O–H groups in total. The van der Waals surface area contributed by atoms with E-state index in [0.29, 0.717) is 17.5 Å². The van der Waals surface area contributed by atoms with E-state index in [1.807, 2.05) is 48.2 Å². The van der Waals surface area contributed by atoms with Crippen molar-refractivity contribution in [2.24, 2.45) is 13.0 Å². The van der Waals surface area contributed by atoms with Crippen molar-refractivity contribution in [1.82, 2.24) is 19.1 Å². The smallest absolute Gasteiger partial charge is 0.233 e. The van der Waals surface area contributed by atoms with Crippen LogP contribution in [0.2, 0.25) is 0 Å². The Hall–Kier alpha value is -3.40. The molecule has 1 atom stereocenters. The molecule has 1 aliphatic heterocycles. The number of nitriles is 1. The molecule has 1 unspecified atom stereocenters. The highest BCUT2D eigenvalue weighted by Gasteiger charge is 2.39. The molecule has 0 bridgehead atoms. The number of pyridine rings is 1. The van der Waals surface area contributed by atoms with Crippen LogP contribution in [0.3, 0.4) is 0 Å². The molecule has 1 fully saturated rings. The summed E-state index contributed by atoms with van der Waals surface area (Å²) in [4.78, 5) is 26.4. The van der Waals surface area contributed by atoms with Crippen molar-refractivity contribution in [1.29, 1.82) is 5.26 Å². The lowest BCUT2D eigenvalue weighted by Gasteiger charge is -2.14. The van der Waals surface area contributed by atoms with E-state index < -0.39 is 0 Å². The average molecular weight is 347 g/mol. The zero-order valence-corrected chi connectivity index (χ0v) is 14.3. The zero-order valence-electron chi connectivity index (χ0n) is 14.3. The van der Waals surface area contributed by atoms with Gasteiger partial charge in [0.25, 0.3) is 0 Å². The number of likely N-dealkylation sites (tertiary alicyclic amines) is 1. The Morgan fingerprint density at radius 3 is 2.88 bits per heavy atom. The number of hydrogen-bond acceptors (Lipinski definition) is 4. The monoisotopic (exact) mass is 347 g/mol. The molecule has 3 aromatic rings. The number of hydrogen-bond donors (Lipinski definition) is 0. The lowest BCUT2D eigenvalue weighted by atomic mass is 10.0. The molecule has 4 rings (SSSR count). The number of carbonyl (C=O) groups excluding carboxylic acids is 2. The van der Waals surface area contributed by atoms with E-state index in [9.17, 15) is 14.9 Å². The largest absolute Gasteiger partial charge is 0.322 e. The van der Waals surface area contributed by atoms with Crippen LogP contribution >= 0.6 is 0 Å². The summed E-state index contributed by atoms with van der Waals surface area (Å²) >= 11 is 0. The van der Waals surface area contributed by atoms with Gasteiger partial charge in [0.2, 0.25) is 11.8 Å². The lowest BCUT2D eigenvalue weighted by Crippen LogP contribution is -2.30. The zero-order chi connectivity index (χ0) is 18.3. The Morgan fingerprint density at radius 2 is 2.15 bits per heavy atom. The molecule has 7 heteroatoms. The number of aromatic nitrogens is 3. The molecule has 7 nitrogen and oxygen atoms in total. The summed E-state index contributed by atoms with van der Waals surface area (Å²) in [6.45, 7) is 0.131. The summed E-state index contributed by atoms with van der Waals surface area (Å²) in [6.07, 6.45) is 7.92. The first-order chi connectivity index (χ1) is 12.6. The number of nitrogens with zero attached hydrogens (tertiary/aromatic N) is 5. The van der Waals surface area contributed by atoms with Gasteiger partial charge in [0.15, 0.2) is 0 Å². The fourth-order valence-corrected chi connectivity index (χ4v) is 3.54. The van der Waals surface area contributed by atoms with Gasteiger partial charge in [-0.2, -0.15) is 10.4 Å². The molecule has 1 aliphatic rings. The molecule has 2 amide bonds. The van der Waals surface area contributed by atoms with E-state index >= 15 is 0 Å². The molecule has 0 aliphatic carbocycles. The SMILES string of the molecule is Cn1cc(CC2CC(=O)N(Cc3cn4ccccc4c3C#N)C2=O)cn1. The highest BCUT2D eigenvalue weighted by Crippen LogP contribution is 2.27. The molecule has 4 heterocycles. The number of rotatable bonds is 4. The lowest BCUT2D eigenvalue weighted by molar-refractivity contribution is -0.140. The summed E-state index contributed by atoms with van der Waals surface area (Å²) in [5.41, 5.74) is 2.90. The van der Waals surface area contributed by atoms with Gasteiger partial charge in [-0.05, 0) is 24.1 Å². The maximum Gasteiger partial charge on any atom is 0.233 e. The van der Waals surface area contributed by atoms with Crippen LogP contribution < -0.4 is 0 Å². The van der Waals surface area contributed by atoms with Gasteiger partial charge in [-0.15, -0.1) is 0 Å². The molecule has 0 saturated carbocycles. The van der Waals surface area contributed by atoms with Gasteiger partial charge in [0.05, 0.1) is 29.7 Å². The molecular formula is C19H17N5O2. The van der Waals surface area contributed by atoms with Crippen LogP contribution in [0, 0.1) is 17.2 Å². The summed E-state index contributed by atoms with van der Waals surface area (Å²) in [6, 6.07) is 7.77. The summed E-state index contributed by atoms with van der Waals surface area (Å²) in [7, 11) is 1.82. The van der Waals surface area contributed by atoms with Crippen molar-refractivity contribution >= 4 is 17.3 Å². The number of imide groups is 1.